The highest BCUT2D eigenvalue weighted by atomic mass is 32.1. The number of nitro groups is 1. The van der Waals surface area contributed by atoms with Gasteiger partial charge in [0.05, 0.1) is 24.8 Å². The molecule has 1 amide bonds. The summed E-state index contributed by atoms with van der Waals surface area (Å²) < 4.78 is 10.00. The van der Waals surface area contributed by atoms with Gasteiger partial charge in [-0.1, -0.05) is 0 Å². The van der Waals surface area contributed by atoms with E-state index in [2.05, 4.69) is 10.6 Å². The predicted molar refractivity (Wildman–Crippen MR) is 85.3 cm³/mol. The monoisotopic (exact) mass is 335 g/mol. The molecule has 0 bridgehead atoms. The van der Waals surface area contributed by atoms with E-state index in [1.54, 1.807) is 12.1 Å². The van der Waals surface area contributed by atoms with Gasteiger partial charge in [-0.3, -0.25) is 20.2 Å². The van der Waals surface area contributed by atoms with Crippen LogP contribution in [-0.2, 0) is 6.54 Å². The van der Waals surface area contributed by atoms with Crippen molar-refractivity contribution in [2.45, 2.75) is 6.54 Å². The Hall–Kier alpha value is -2.94. The van der Waals surface area contributed by atoms with Crippen molar-refractivity contribution in [3.63, 3.8) is 0 Å². The summed E-state index contributed by atoms with van der Waals surface area (Å²) in [4.78, 5) is 22.4. The van der Waals surface area contributed by atoms with E-state index in [-0.39, 0.29) is 22.1 Å². The highest BCUT2D eigenvalue weighted by Gasteiger charge is 2.18. The fraction of sp³-hybridized carbons (Fsp3) is 0.143. The van der Waals surface area contributed by atoms with E-state index in [1.807, 2.05) is 0 Å². The lowest BCUT2D eigenvalue weighted by molar-refractivity contribution is -0.385. The van der Waals surface area contributed by atoms with Gasteiger partial charge in [0.1, 0.15) is 5.76 Å². The topological polar surface area (TPSA) is 107 Å². The zero-order valence-electron chi connectivity index (χ0n) is 12.1. The molecule has 2 N–H and O–H groups in total. The second-order valence-electron chi connectivity index (χ2n) is 4.36. The lowest BCUT2D eigenvalue weighted by atomic mass is 10.2. The maximum absolute atomic E-state index is 12.1. The summed E-state index contributed by atoms with van der Waals surface area (Å²) in [5.74, 6) is 0.166. The molecule has 23 heavy (non-hydrogen) atoms. The van der Waals surface area contributed by atoms with Gasteiger partial charge in [0, 0.05) is 11.6 Å². The average Bonchev–Trinajstić information content (AvgIpc) is 3.05. The quantitative estimate of drug-likeness (QED) is 0.489. The molecule has 2 rings (SSSR count). The molecule has 0 radical (unpaired) electrons. The molecule has 0 aliphatic rings. The largest absolute Gasteiger partial charge is 0.490 e. The Labute approximate surface area is 136 Å². The Kier molecular flexibility index (Phi) is 5.26. The van der Waals surface area contributed by atoms with Crippen LogP contribution in [0.5, 0.6) is 5.75 Å². The fourth-order valence-corrected chi connectivity index (χ4v) is 1.94. The Bertz CT molecular complexity index is 730. The number of carbonyl (C=O) groups excluding carboxylic acids is 1. The van der Waals surface area contributed by atoms with Gasteiger partial charge in [-0.2, -0.15) is 0 Å². The molecule has 2 aromatic rings. The first-order valence-corrected chi connectivity index (χ1v) is 6.86. The van der Waals surface area contributed by atoms with E-state index in [4.69, 9.17) is 21.4 Å². The smallest absolute Gasteiger partial charge is 0.311 e. The molecule has 0 saturated carbocycles. The van der Waals surface area contributed by atoms with Crippen LogP contribution in [0.15, 0.2) is 41.0 Å². The van der Waals surface area contributed by atoms with Crippen LogP contribution < -0.4 is 15.4 Å². The third-order valence-electron chi connectivity index (χ3n) is 2.87. The Morgan fingerprint density at radius 2 is 2.22 bits per heavy atom. The molecule has 8 nitrogen and oxygen atoms in total. The van der Waals surface area contributed by atoms with Crippen LogP contribution >= 0.6 is 12.2 Å². The first-order chi connectivity index (χ1) is 11.0. The van der Waals surface area contributed by atoms with Crippen LogP contribution in [0.2, 0.25) is 0 Å². The first-order valence-electron chi connectivity index (χ1n) is 6.45. The van der Waals surface area contributed by atoms with E-state index < -0.39 is 10.8 Å². The lowest BCUT2D eigenvalue weighted by Crippen LogP contribution is -2.38. The minimum atomic E-state index is -0.622. The third kappa shape index (κ3) is 4.27. The molecule has 0 saturated heterocycles. The van der Waals surface area contributed by atoms with Crippen molar-refractivity contribution in [2.24, 2.45) is 0 Å². The number of nitrogens with one attached hydrogen (secondary N) is 2. The predicted octanol–water partition coefficient (Wildman–Crippen LogP) is 2.00. The van der Waals surface area contributed by atoms with Crippen LogP contribution in [0.3, 0.4) is 0 Å². The van der Waals surface area contributed by atoms with Gasteiger partial charge < -0.3 is 14.5 Å². The number of furan rings is 1. The highest BCUT2D eigenvalue weighted by molar-refractivity contribution is 7.80. The van der Waals surface area contributed by atoms with Crippen molar-refractivity contribution in [3.05, 3.63) is 58.0 Å². The molecule has 1 aromatic carbocycles. The van der Waals surface area contributed by atoms with Crippen molar-refractivity contribution >= 4 is 28.9 Å². The molecule has 0 aliphatic carbocycles. The Morgan fingerprint density at radius 3 is 2.83 bits per heavy atom. The minimum absolute atomic E-state index is 0.0741. The standard InChI is InChI=1S/C14H13N3O5S/c1-21-12-5-4-9(7-11(12)17(19)20)13(18)16-14(23)15-8-10-3-2-6-22-10/h2-7H,8H2,1H3,(H2,15,16,18,23). The van der Waals surface area contributed by atoms with E-state index in [0.29, 0.717) is 12.3 Å². The van der Waals surface area contributed by atoms with Crippen LogP contribution in [0.25, 0.3) is 0 Å². The maximum Gasteiger partial charge on any atom is 0.311 e. The van der Waals surface area contributed by atoms with Gasteiger partial charge in [0.15, 0.2) is 10.9 Å². The van der Waals surface area contributed by atoms with Crippen molar-refractivity contribution in [3.8, 4) is 5.75 Å². The number of ether oxygens (including phenoxy) is 1. The highest BCUT2D eigenvalue weighted by Crippen LogP contribution is 2.27. The van der Waals surface area contributed by atoms with E-state index in [0.717, 1.165) is 6.07 Å². The molecular formula is C14H13N3O5S. The molecule has 9 heteroatoms. The van der Waals surface area contributed by atoms with Gasteiger partial charge in [0.25, 0.3) is 5.91 Å². The third-order valence-corrected chi connectivity index (χ3v) is 3.11. The molecule has 120 valence electrons. The van der Waals surface area contributed by atoms with E-state index in [1.165, 1.54) is 25.5 Å². The second kappa shape index (κ2) is 7.36. The van der Waals surface area contributed by atoms with Crippen LogP contribution in [-0.4, -0.2) is 23.1 Å². The molecule has 0 fully saturated rings. The van der Waals surface area contributed by atoms with Crippen LogP contribution in [0.1, 0.15) is 16.1 Å². The summed E-state index contributed by atoms with van der Waals surface area (Å²) >= 11 is 4.99. The Morgan fingerprint density at radius 1 is 1.43 bits per heavy atom. The summed E-state index contributed by atoms with van der Waals surface area (Å²) in [5.41, 5.74) is -0.200. The molecule has 1 heterocycles. The maximum atomic E-state index is 12.1. The summed E-state index contributed by atoms with van der Waals surface area (Å²) in [6.07, 6.45) is 1.52. The summed E-state index contributed by atoms with van der Waals surface area (Å²) in [6, 6.07) is 7.38. The number of thiocarbonyl (C=S) groups is 1. The number of amides is 1. The fourth-order valence-electron chi connectivity index (χ4n) is 1.77. The first kappa shape index (κ1) is 16.4. The lowest BCUT2D eigenvalue weighted by Gasteiger charge is -2.09. The summed E-state index contributed by atoms with van der Waals surface area (Å²) in [5, 5.41) is 16.3. The molecule has 0 atom stereocenters. The van der Waals surface area contributed by atoms with Gasteiger partial charge >= 0.3 is 5.69 Å². The normalized spacial score (nSPS) is 9.96. The number of rotatable bonds is 5. The zero-order chi connectivity index (χ0) is 16.8. The molecule has 0 spiro atoms. The molecule has 0 unspecified atom stereocenters. The minimum Gasteiger partial charge on any atom is -0.490 e. The van der Waals surface area contributed by atoms with Gasteiger partial charge in [0.2, 0.25) is 0 Å². The number of methoxy groups -OCH3 is 1. The number of benzene rings is 1. The van der Waals surface area contributed by atoms with E-state index in [9.17, 15) is 14.9 Å². The number of hydrogen-bond donors (Lipinski definition) is 2. The molecular weight excluding hydrogens is 322 g/mol. The van der Waals surface area contributed by atoms with Crippen LogP contribution in [0.4, 0.5) is 5.69 Å². The van der Waals surface area contributed by atoms with Crippen molar-refractivity contribution in [1.29, 1.82) is 0 Å². The number of nitrogens with zero attached hydrogens (tertiary/aromatic N) is 1. The summed E-state index contributed by atoms with van der Waals surface area (Å²) in [7, 11) is 1.32. The molecule has 0 aliphatic heterocycles. The SMILES string of the molecule is COc1ccc(C(=O)NC(=S)NCc2ccco2)cc1[N+](=O)[O-]. The number of carbonyl (C=O) groups is 1. The van der Waals surface area contributed by atoms with Crippen molar-refractivity contribution in [1.82, 2.24) is 10.6 Å². The van der Waals surface area contributed by atoms with Crippen molar-refractivity contribution in [2.75, 3.05) is 7.11 Å². The molecule has 1 aromatic heterocycles. The van der Waals surface area contributed by atoms with Gasteiger partial charge in [-0.25, -0.2) is 0 Å². The zero-order valence-corrected chi connectivity index (χ0v) is 12.9. The second-order valence-corrected chi connectivity index (χ2v) is 4.77. The van der Waals surface area contributed by atoms with E-state index >= 15 is 0 Å². The van der Waals surface area contributed by atoms with Crippen molar-refractivity contribution < 1.29 is 18.9 Å². The Balaban J connectivity index is 2.01. The van der Waals surface area contributed by atoms with Gasteiger partial charge in [-0.05, 0) is 36.5 Å². The number of nitro benzene ring substituents is 1. The van der Waals surface area contributed by atoms with Crippen LogP contribution in [0, 0.1) is 10.1 Å². The van der Waals surface area contributed by atoms with Gasteiger partial charge in [-0.15, -0.1) is 0 Å². The summed E-state index contributed by atoms with van der Waals surface area (Å²) in [6.45, 7) is 0.314. The number of hydrogen-bond acceptors (Lipinski definition) is 6. The average molecular weight is 335 g/mol.